The Kier molecular flexibility index (Phi) is 49.2. The van der Waals surface area contributed by atoms with Crippen LogP contribution in [-0.2, 0) is 40.7 Å². The first-order chi connectivity index (χ1) is 46.4. The van der Waals surface area contributed by atoms with Crippen molar-refractivity contribution in [2.75, 3.05) is 21.1 Å². The Hall–Kier alpha value is -9.70. The van der Waals surface area contributed by atoms with E-state index in [9.17, 15) is 9.59 Å². The van der Waals surface area contributed by atoms with Gasteiger partial charge >= 0.3 is 0 Å². The van der Waals surface area contributed by atoms with Crippen LogP contribution in [0, 0.1) is 62.3 Å². The number of ketones is 2. The minimum atomic E-state index is 0. The van der Waals surface area contributed by atoms with Crippen LogP contribution in [0.4, 0.5) is 5.69 Å². The zero-order valence-corrected chi connectivity index (χ0v) is 63.3. The molecule has 6 heterocycles. The Morgan fingerprint density at radius 1 is 0.333 bits per heavy atom. The van der Waals surface area contributed by atoms with E-state index in [1.165, 1.54) is 67.0 Å². The van der Waals surface area contributed by atoms with Crippen LogP contribution in [0.5, 0.6) is 0 Å². The molecule has 0 unspecified atom stereocenters. The van der Waals surface area contributed by atoms with Gasteiger partial charge in [0.25, 0.3) is 0 Å². The summed E-state index contributed by atoms with van der Waals surface area (Å²) in [6.07, 6.45) is 26.1. The molecule has 9 nitrogen and oxygen atoms in total. The van der Waals surface area contributed by atoms with E-state index in [1.807, 2.05) is 235 Å². The van der Waals surface area contributed by atoms with Crippen LogP contribution in [0.15, 0.2) is 281 Å². The van der Waals surface area contributed by atoms with Crippen molar-refractivity contribution in [2.45, 2.75) is 152 Å². The van der Waals surface area contributed by atoms with Crippen LogP contribution >= 0.6 is 0 Å². The summed E-state index contributed by atoms with van der Waals surface area (Å²) in [5.41, 5.74) is 17.1. The molecule has 0 bridgehead atoms. The topological polar surface area (TPSA) is 57.4 Å². The monoisotopic (exact) mass is 1340 g/mol. The molecule has 5 aromatic carbocycles. The lowest BCUT2D eigenvalue weighted by Gasteiger charge is -2.23. The highest BCUT2D eigenvalue weighted by Gasteiger charge is 2.12. The van der Waals surface area contributed by atoms with Crippen LogP contribution < -0.4 is 31.9 Å². The van der Waals surface area contributed by atoms with Crippen LogP contribution in [0.3, 0.4) is 0 Å². The van der Waals surface area contributed by atoms with Gasteiger partial charge in [0.1, 0.15) is 33.4 Å². The van der Waals surface area contributed by atoms with Crippen molar-refractivity contribution >= 4 is 17.3 Å². The third-order valence-electron chi connectivity index (χ3n) is 14.3. The fraction of sp³-hybridized carbons (Fsp3) is 0.311. The van der Waals surface area contributed by atoms with E-state index in [0.717, 1.165) is 28.6 Å². The molecular weight excluding hydrogens is 1210 g/mol. The lowest BCUT2D eigenvalue weighted by molar-refractivity contribution is -0.693. The summed E-state index contributed by atoms with van der Waals surface area (Å²) >= 11 is 0. The molecule has 0 aliphatic carbocycles. The van der Waals surface area contributed by atoms with Gasteiger partial charge in [-0.2, -0.15) is 9.13 Å². The summed E-state index contributed by atoms with van der Waals surface area (Å²) in [6, 6.07) is 69.6. The predicted molar refractivity (Wildman–Crippen MR) is 422 cm³/mol. The number of quaternary nitrogens is 1. The largest absolute Gasteiger partial charge is 0.298 e. The van der Waals surface area contributed by atoms with E-state index in [-0.39, 0.29) is 26.4 Å². The van der Waals surface area contributed by atoms with E-state index in [0.29, 0.717) is 13.0 Å². The molecule has 0 N–H and O–H groups in total. The molecule has 11 aromatic rings. The van der Waals surface area contributed by atoms with E-state index in [2.05, 4.69) is 227 Å². The fourth-order valence-corrected chi connectivity index (χ4v) is 8.38. The molecule has 0 spiro atoms. The number of rotatable bonds is 9. The van der Waals surface area contributed by atoms with E-state index >= 15 is 0 Å². The second-order valence-electron chi connectivity index (χ2n) is 24.1. The van der Waals surface area contributed by atoms with Gasteiger partial charge in [-0.1, -0.05) is 193 Å². The zero-order valence-electron chi connectivity index (χ0n) is 63.3. The molecule has 0 amide bonds. The Bertz CT molecular complexity index is 3650. The van der Waals surface area contributed by atoms with Crippen molar-refractivity contribution in [3.05, 3.63) is 347 Å². The summed E-state index contributed by atoms with van der Waals surface area (Å²) in [5.74, 6) is 0.348. The summed E-state index contributed by atoms with van der Waals surface area (Å²) in [4.78, 5) is 23.0. The zero-order chi connectivity index (χ0) is 72.6. The minimum Gasteiger partial charge on any atom is -0.298 e. The van der Waals surface area contributed by atoms with Crippen molar-refractivity contribution in [3.8, 4) is 5.69 Å². The molecule has 0 saturated carbocycles. The van der Waals surface area contributed by atoms with Gasteiger partial charge in [0.05, 0.1) is 21.1 Å². The quantitative estimate of drug-likeness (QED) is 0.0821. The Morgan fingerprint density at radius 2 is 0.677 bits per heavy atom. The number of benzene rings is 5. The van der Waals surface area contributed by atoms with Crippen LogP contribution in [0.2, 0.25) is 0 Å². The van der Waals surface area contributed by atoms with Gasteiger partial charge in [-0.15, -0.1) is 0 Å². The number of aryl methyl sites for hydroxylation is 14. The van der Waals surface area contributed by atoms with E-state index in [1.54, 1.807) is 0 Å². The van der Waals surface area contributed by atoms with Crippen LogP contribution in [0.1, 0.15) is 146 Å². The van der Waals surface area contributed by atoms with Crippen LogP contribution in [0.25, 0.3) is 5.69 Å². The summed E-state index contributed by atoms with van der Waals surface area (Å²) in [7, 11) is 12.6. The second-order valence-corrected chi connectivity index (χ2v) is 24.1. The number of aromatic nitrogens is 6. The molecule has 9 heteroatoms. The third kappa shape index (κ3) is 42.6. The number of hydrogen-bond acceptors (Lipinski definition) is 2. The van der Waals surface area contributed by atoms with Crippen molar-refractivity contribution in [1.29, 1.82) is 0 Å². The lowest BCUT2D eigenvalue weighted by Crippen LogP contribution is -2.36. The number of carbonyl (C=O) groups excluding carboxylic acids is 2. The fourth-order valence-electron chi connectivity index (χ4n) is 8.38. The third-order valence-corrected chi connectivity index (χ3v) is 14.3. The molecule has 0 radical (unpaired) electrons. The highest BCUT2D eigenvalue weighted by molar-refractivity contribution is 5.96. The lowest BCUT2D eigenvalue weighted by atomic mass is 10.1. The van der Waals surface area contributed by atoms with Gasteiger partial charge in [0, 0.05) is 101 Å². The van der Waals surface area contributed by atoms with E-state index < -0.39 is 0 Å². The summed E-state index contributed by atoms with van der Waals surface area (Å²) < 4.78 is 13.1. The molecule has 99 heavy (non-hydrogen) atoms. The molecule has 0 aliphatic rings. The molecule has 0 fully saturated rings. The number of hydrogen-bond donors (Lipinski definition) is 0. The average molecular weight is 1340 g/mol. The van der Waals surface area contributed by atoms with Crippen molar-refractivity contribution < 1.29 is 37.0 Å². The van der Waals surface area contributed by atoms with Gasteiger partial charge in [-0.3, -0.25) is 14.1 Å². The highest BCUT2D eigenvalue weighted by atomic mass is 16.1. The Labute approximate surface area is 602 Å². The Morgan fingerprint density at radius 3 is 1.01 bits per heavy atom. The van der Waals surface area contributed by atoms with Gasteiger partial charge in [0.15, 0.2) is 80.1 Å². The normalized spacial score (nSPS) is 9.39. The molecule has 11 rings (SSSR count). The van der Waals surface area contributed by atoms with Crippen LogP contribution in [-0.4, -0.2) is 32.7 Å². The predicted octanol–water partition coefficient (Wildman–Crippen LogP) is 18.9. The number of pyridine rings is 6. The van der Waals surface area contributed by atoms with Gasteiger partial charge in [0.2, 0.25) is 18.0 Å². The number of nitrogens with zero attached hydrogens (tertiary/aromatic N) is 7. The number of carbonyl (C=O) groups is 2. The molecular formula is C90H128N7O2+7. The number of Topliss-reactive ketones (excluding diaryl/α,β-unsaturated/α-hetero) is 2. The second kappa shape index (κ2) is 53.4. The van der Waals surface area contributed by atoms with Gasteiger partial charge in [-0.05, 0) is 117 Å². The minimum absolute atomic E-state index is 0. The first kappa shape index (κ1) is 91.4. The molecule has 0 atom stereocenters. The molecule has 528 valence electrons. The van der Waals surface area contributed by atoms with Crippen molar-refractivity contribution in [1.82, 2.24) is 4.48 Å². The highest BCUT2D eigenvalue weighted by Crippen LogP contribution is 2.16. The average Bonchev–Trinajstić information content (AvgIpc) is 0.918. The Balaban J connectivity index is 0. The summed E-state index contributed by atoms with van der Waals surface area (Å²) in [5, 5.41) is 0. The SMILES string of the molecule is C.C.CC.CC.CCC(=O)c1ccc(C)cc1.CC[n+]1ccc(C)cc1.CCc1ccc(C)cc1.Cc1cc[n+](C)cc1.Cc1ccc(-[n+]2ccccc2)cc1.Cc1ccc(C(=O)C[n+]2ccccc2)cc1.Cc1ccc([N+](C)(C)C)cc1.Cc1ccc[n+](C)c1.Cc1ccc[n+](C)c1. The maximum atomic E-state index is 11.9. The maximum Gasteiger partial charge on any atom is 0.227 e. The van der Waals surface area contributed by atoms with Crippen molar-refractivity contribution in [3.63, 3.8) is 0 Å². The first-order valence-corrected chi connectivity index (χ1v) is 34.2. The summed E-state index contributed by atoms with van der Waals surface area (Å²) in [6.45, 7) is 34.3. The standard InChI is InChI=1S/C14H14NO.C12H12N.C10H16N.C10H12O.C9H12.C8H12N.3C7H10N.2C2H6.2CH4/c1-12-5-7-13(8-6-12)14(16)11-15-9-3-2-4-10-15;1-11-5-7-12(8-6-11)13-9-3-2-4-10-13;1-9-5-7-10(8-6-9)11(2,3)4;1-3-10(11)9-6-4-8(2)5-7-9;2*1-3-9-6-4-8(2)5-7-9;1-7-3-5-8(2)6-4-7;2*1-7-4-3-5-8(2)6-7;2*1-2;;/h2-10H,11H2,1H3;2-10H,1H3;5-8H,1-4H3;4-7H,3H2,1-2H3;2*4-7H,3H2,1-2H3;3*3-6H,1-2H3;2*1-2H3;2*1H4/q3*+1;;;4*+1;;;;. The first-order valence-electron chi connectivity index (χ1n) is 34.2. The van der Waals surface area contributed by atoms with E-state index in [4.69, 9.17) is 0 Å². The van der Waals surface area contributed by atoms with Crippen molar-refractivity contribution in [2.24, 2.45) is 21.1 Å². The smallest absolute Gasteiger partial charge is 0.227 e. The maximum absolute atomic E-state index is 11.9. The van der Waals surface area contributed by atoms with Gasteiger partial charge in [-0.25, -0.2) is 18.3 Å². The molecule has 6 aromatic heterocycles. The van der Waals surface area contributed by atoms with Gasteiger partial charge < -0.3 is 0 Å². The molecule has 0 aliphatic heterocycles. The molecule has 0 saturated heterocycles.